The van der Waals surface area contributed by atoms with Crippen LogP contribution in [0.3, 0.4) is 0 Å². The van der Waals surface area contributed by atoms with Crippen molar-refractivity contribution in [1.29, 1.82) is 0 Å². The number of benzene rings is 1. The highest BCUT2D eigenvalue weighted by Gasteiger charge is 2.47. The highest BCUT2D eigenvalue weighted by Crippen LogP contribution is 2.32. The Bertz CT molecular complexity index is 1190. The first-order valence-corrected chi connectivity index (χ1v) is 13.6. The Morgan fingerprint density at radius 2 is 1.85 bits per heavy atom. The van der Waals surface area contributed by atoms with Gasteiger partial charge in [0.15, 0.2) is 0 Å². The minimum atomic E-state index is -1.04. The summed E-state index contributed by atoms with van der Waals surface area (Å²) in [6.07, 6.45) is 1.44. The van der Waals surface area contributed by atoms with E-state index in [-0.39, 0.29) is 48.9 Å². The summed E-state index contributed by atoms with van der Waals surface area (Å²) < 4.78 is 7.49. The number of rotatable bonds is 5. The Morgan fingerprint density at radius 3 is 2.59 bits per heavy atom. The zero-order chi connectivity index (χ0) is 27.7. The third-order valence-electron chi connectivity index (χ3n) is 7.92. The average Bonchev–Trinajstić information content (AvgIpc) is 3.65. The van der Waals surface area contributed by atoms with Crippen LogP contribution in [0, 0.1) is 0 Å². The van der Waals surface area contributed by atoms with Crippen molar-refractivity contribution in [3.63, 3.8) is 0 Å². The van der Waals surface area contributed by atoms with Crippen LogP contribution in [0.2, 0.25) is 0 Å². The molecule has 3 N–H and O–H groups in total. The fourth-order valence-electron chi connectivity index (χ4n) is 5.77. The lowest BCUT2D eigenvalue weighted by molar-refractivity contribution is -0.142. The van der Waals surface area contributed by atoms with Gasteiger partial charge in [-0.1, -0.05) is 23.4 Å². The van der Waals surface area contributed by atoms with Crippen LogP contribution in [-0.2, 0) is 21.0 Å². The number of aliphatic hydroxyl groups excluding tert-OH is 1. The van der Waals surface area contributed by atoms with Crippen LogP contribution < -0.4 is 15.4 Å². The van der Waals surface area contributed by atoms with Crippen LogP contribution in [0.1, 0.15) is 51.8 Å². The summed E-state index contributed by atoms with van der Waals surface area (Å²) >= 11 is 0. The van der Waals surface area contributed by atoms with Crippen molar-refractivity contribution >= 4 is 17.7 Å². The zero-order valence-electron chi connectivity index (χ0n) is 22.6. The van der Waals surface area contributed by atoms with E-state index in [4.69, 9.17) is 4.74 Å². The standard InChI is InChI=1S/C27H37N7O5/c1-16(2)32-12-18-9-23(32)27(38)33-14-20(10-22(33)26(37)28-17(3)24(35)11-25(36)29-18)34-13-19(30-31-34)15-39-21-7-5-4-6-8-21/h4-8,13,16-18,20,22-24,35H,9-12,14-15H2,1-3H3,(H,28,37)(H,29,36)/t17-,18+,20-,22-,23-,24-/m0/s1. The van der Waals surface area contributed by atoms with E-state index in [1.807, 2.05) is 44.2 Å². The number of carbonyl (C=O) groups excluding carboxylic acids is 3. The first-order chi connectivity index (χ1) is 18.7. The summed E-state index contributed by atoms with van der Waals surface area (Å²) in [5, 5.41) is 24.9. The molecular formula is C27H37N7O5. The first-order valence-electron chi connectivity index (χ1n) is 13.6. The Balaban J connectivity index is 1.37. The number of likely N-dealkylation sites (tertiary alicyclic amines) is 1. The maximum Gasteiger partial charge on any atom is 0.243 e. The van der Waals surface area contributed by atoms with E-state index in [1.54, 1.807) is 22.7 Å². The van der Waals surface area contributed by atoms with E-state index in [0.29, 0.717) is 31.6 Å². The molecule has 3 amide bonds. The molecule has 1 aromatic carbocycles. The number of aliphatic hydroxyl groups is 1. The van der Waals surface area contributed by atoms with E-state index in [0.717, 1.165) is 5.75 Å². The van der Waals surface area contributed by atoms with E-state index >= 15 is 0 Å². The van der Waals surface area contributed by atoms with Crippen LogP contribution in [-0.4, -0.2) is 97.0 Å². The molecule has 12 heteroatoms. The molecule has 39 heavy (non-hydrogen) atoms. The molecular weight excluding hydrogens is 502 g/mol. The van der Waals surface area contributed by atoms with Crippen molar-refractivity contribution < 1.29 is 24.2 Å². The third-order valence-corrected chi connectivity index (χ3v) is 7.92. The van der Waals surface area contributed by atoms with Gasteiger partial charge >= 0.3 is 0 Å². The monoisotopic (exact) mass is 539 g/mol. The molecule has 3 aliphatic rings. The molecule has 2 bridgehead atoms. The van der Waals surface area contributed by atoms with Gasteiger partial charge in [-0.2, -0.15) is 0 Å². The van der Waals surface area contributed by atoms with Crippen molar-refractivity contribution in [2.24, 2.45) is 0 Å². The Labute approximate surface area is 227 Å². The largest absolute Gasteiger partial charge is 0.487 e. The maximum atomic E-state index is 14.0. The number of nitrogens with zero attached hydrogens (tertiary/aromatic N) is 5. The molecule has 210 valence electrons. The fourth-order valence-corrected chi connectivity index (χ4v) is 5.77. The number of amides is 3. The lowest BCUT2D eigenvalue weighted by Gasteiger charge is -2.33. The van der Waals surface area contributed by atoms with E-state index in [2.05, 4.69) is 25.8 Å². The molecule has 0 radical (unpaired) electrons. The number of carbonyl (C=O) groups is 3. The predicted molar refractivity (Wildman–Crippen MR) is 140 cm³/mol. The topological polar surface area (TPSA) is 142 Å². The van der Waals surface area contributed by atoms with Gasteiger partial charge in [-0.25, -0.2) is 4.68 Å². The summed E-state index contributed by atoms with van der Waals surface area (Å²) in [6.45, 7) is 6.78. The van der Waals surface area contributed by atoms with Crippen molar-refractivity contribution in [2.75, 3.05) is 13.1 Å². The van der Waals surface area contributed by atoms with Crippen molar-refractivity contribution in [1.82, 2.24) is 35.4 Å². The minimum absolute atomic E-state index is 0.0764. The van der Waals surface area contributed by atoms with Crippen molar-refractivity contribution in [3.05, 3.63) is 42.2 Å². The summed E-state index contributed by atoms with van der Waals surface area (Å²) in [5.41, 5.74) is 0.642. The van der Waals surface area contributed by atoms with Gasteiger partial charge in [0.25, 0.3) is 0 Å². The normalized spacial score (nSPS) is 30.3. The fraction of sp³-hybridized carbons (Fsp3) is 0.593. The average molecular weight is 540 g/mol. The van der Waals surface area contributed by atoms with Crippen LogP contribution in [0.15, 0.2) is 36.5 Å². The molecule has 0 spiro atoms. The predicted octanol–water partition coefficient (Wildman–Crippen LogP) is 0.236. The number of aromatic nitrogens is 3. The Hall–Kier alpha value is -3.51. The zero-order valence-corrected chi connectivity index (χ0v) is 22.6. The summed E-state index contributed by atoms with van der Waals surface area (Å²) in [7, 11) is 0. The van der Waals surface area contributed by atoms with Gasteiger partial charge < -0.3 is 25.4 Å². The van der Waals surface area contributed by atoms with E-state index in [1.165, 1.54) is 0 Å². The molecule has 5 rings (SSSR count). The Morgan fingerprint density at radius 1 is 1.08 bits per heavy atom. The summed E-state index contributed by atoms with van der Waals surface area (Å²) in [6, 6.07) is 7.20. The number of nitrogens with one attached hydrogen (secondary N) is 2. The molecule has 0 unspecified atom stereocenters. The SMILES string of the molecule is CC(C)N1C[C@H]2C[C@H]1C(=O)N1C[C@@H](n3cc(COc4ccccc4)nn3)C[C@H]1C(=O)N[C@@H](C)[C@@H](O)CC(=O)N2. The quantitative estimate of drug-likeness (QED) is 0.491. The van der Waals surface area contributed by atoms with E-state index < -0.39 is 24.2 Å². The summed E-state index contributed by atoms with van der Waals surface area (Å²) in [5.74, 6) is -0.0474. The highest BCUT2D eigenvalue weighted by molar-refractivity contribution is 5.91. The van der Waals surface area contributed by atoms with Crippen LogP contribution in [0.25, 0.3) is 0 Å². The molecule has 0 saturated carbocycles. The summed E-state index contributed by atoms with van der Waals surface area (Å²) in [4.78, 5) is 43.7. The number of hydrogen-bond acceptors (Lipinski definition) is 8. The molecule has 0 aliphatic carbocycles. The number of hydrogen-bond donors (Lipinski definition) is 3. The molecule has 3 saturated heterocycles. The van der Waals surface area contributed by atoms with Crippen molar-refractivity contribution in [3.8, 4) is 5.75 Å². The molecule has 2 aromatic rings. The highest BCUT2D eigenvalue weighted by atomic mass is 16.5. The van der Waals surface area contributed by atoms with Gasteiger partial charge in [0.05, 0.1) is 36.8 Å². The van der Waals surface area contributed by atoms with Gasteiger partial charge in [0, 0.05) is 31.6 Å². The Kier molecular flexibility index (Phi) is 7.85. The lowest BCUT2D eigenvalue weighted by atomic mass is 10.1. The number of fused-ring (bicyclic) bond motifs is 3. The smallest absolute Gasteiger partial charge is 0.243 e. The van der Waals surface area contributed by atoms with Crippen LogP contribution in [0.5, 0.6) is 5.75 Å². The van der Waals surface area contributed by atoms with Gasteiger partial charge in [-0.3, -0.25) is 19.3 Å². The second-order valence-electron chi connectivity index (χ2n) is 11.1. The van der Waals surface area contributed by atoms with Gasteiger partial charge in [0.1, 0.15) is 24.1 Å². The first kappa shape index (κ1) is 27.1. The molecule has 1 aromatic heterocycles. The van der Waals surface area contributed by atoms with Crippen LogP contribution >= 0.6 is 0 Å². The second-order valence-corrected chi connectivity index (χ2v) is 11.1. The van der Waals surface area contributed by atoms with Gasteiger partial charge in [-0.05, 0) is 39.3 Å². The van der Waals surface area contributed by atoms with E-state index in [9.17, 15) is 19.5 Å². The lowest BCUT2D eigenvalue weighted by Crippen LogP contribution is -2.55. The number of para-hydroxylation sites is 1. The minimum Gasteiger partial charge on any atom is -0.487 e. The van der Waals surface area contributed by atoms with Gasteiger partial charge in [0.2, 0.25) is 17.7 Å². The molecule has 6 atom stereocenters. The van der Waals surface area contributed by atoms with Crippen LogP contribution in [0.4, 0.5) is 0 Å². The molecule has 4 heterocycles. The number of ether oxygens (including phenoxy) is 1. The van der Waals surface area contributed by atoms with Crippen molar-refractivity contribution in [2.45, 2.75) is 89.0 Å². The van der Waals surface area contributed by atoms with Gasteiger partial charge in [-0.15, -0.1) is 5.10 Å². The third kappa shape index (κ3) is 5.91. The molecule has 3 fully saturated rings. The molecule has 3 aliphatic heterocycles. The second kappa shape index (κ2) is 11.3. The maximum absolute atomic E-state index is 14.0. The molecule has 12 nitrogen and oxygen atoms in total.